The summed E-state index contributed by atoms with van der Waals surface area (Å²) in [7, 11) is 3.61. The molecular formula is C13H18ClN5O. The van der Waals surface area contributed by atoms with Crippen molar-refractivity contribution < 1.29 is 4.74 Å². The minimum Gasteiger partial charge on any atom is -0.384 e. The highest BCUT2D eigenvalue weighted by atomic mass is 35.5. The van der Waals surface area contributed by atoms with Crippen molar-refractivity contribution in [1.29, 1.82) is 0 Å². The summed E-state index contributed by atoms with van der Waals surface area (Å²) in [5.74, 6) is 1.36. The smallest absolute Gasteiger partial charge is 0.162 e. The van der Waals surface area contributed by atoms with Crippen LogP contribution in [0.5, 0.6) is 0 Å². The molecule has 1 fully saturated rings. The molecule has 3 heterocycles. The molecular weight excluding hydrogens is 278 g/mol. The van der Waals surface area contributed by atoms with E-state index in [1.54, 1.807) is 18.0 Å². The summed E-state index contributed by atoms with van der Waals surface area (Å²) in [5.41, 5.74) is 0.785. The van der Waals surface area contributed by atoms with Gasteiger partial charge in [-0.3, -0.25) is 9.58 Å². The van der Waals surface area contributed by atoms with Crippen LogP contribution in [0.2, 0.25) is 5.15 Å². The van der Waals surface area contributed by atoms with Crippen LogP contribution in [0.25, 0.3) is 11.0 Å². The Morgan fingerprint density at radius 1 is 1.45 bits per heavy atom. The Kier molecular flexibility index (Phi) is 3.87. The van der Waals surface area contributed by atoms with Gasteiger partial charge >= 0.3 is 0 Å². The molecule has 0 saturated carbocycles. The van der Waals surface area contributed by atoms with Crippen LogP contribution in [0.1, 0.15) is 12.2 Å². The van der Waals surface area contributed by atoms with Gasteiger partial charge in [0, 0.05) is 20.7 Å². The highest BCUT2D eigenvalue weighted by Gasteiger charge is 2.23. The number of fused-ring (bicyclic) bond motifs is 1. The van der Waals surface area contributed by atoms with E-state index in [-0.39, 0.29) is 0 Å². The van der Waals surface area contributed by atoms with Crippen LogP contribution < -0.4 is 0 Å². The number of aryl methyl sites for hydroxylation is 1. The van der Waals surface area contributed by atoms with Gasteiger partial charge in [-0.05, 0) is 18.9 Å². The molecule has 1 aliphatic rings. The summed E-state index contributed by atoms with van der Waals surface area (Å²) in [6.45, 7) is 3.62. The Hall–Kier alpha value is -1.24. The number of likely N-dealkylation sites (tertiary alicyclic amines) is 1. The zero-order valence-corrected chi connectivity index (χ0v) is 12.5. The fourth-order valence-electron chi connectivity index (χ4n) is 2.73. The number of aromatic nitrogens is 4. The van der Waals surface area contributed by atoms with E-state index in [9.17, 15) is 0 Å². The second kappa shape index (κ2) is 5.63. The van der Waals surface area contributed by atoms with Gasteiger partial charge in [0.15, 0.2) is 5.65 Å². The van der Waals surface area contributed by atoms with Crippen LogP contribution in [0.3, 0.4) is 0 Å². The Balaban J connectivity index is 1.76. The molecule has 0 spiro atoms. The van der Waals surface area contributed by atoms with Crippen LogP contribution in [0.4, 0.5) is 0 Å². The number of hydrogen-bond donors (Lipinski definition) is 0. The van der Waals surface area contributed by atoms with Crippen molar-refractivity contribution in [2.45, 2.75) is 13.0 Å². The van der Waals surface area contributed by atoms with Crippen molar-refractivity contribution in [3.8, 4) is 0 Å². The monoisotopic (exact) mass is 295 g/mol. The Bertz CT molecular complexity index is 614. The SMILES string of the molecule is COCC1CCN(Cc2nc(Cl)c3cnn(C)c3n2)C1. The highest BCUT2D eigenvalue weighted by molar-refractivity contribution is 6.33. The van der Waals surface area contributed by atoms with Gasteiger partial charge in [-0.25, -0.2) is 9.97 Å². The van der Waals surface area contributed by atoms with Crippen molar-refractivity contribution in [1.82, 2.24) is 24.6 Å². The van der Waals surface area contributed by atoms with Crippen molar-refractivity contribution in [3.05, 3.63) is 17.2 Å². The zero-order valence-electron chi connectivity index (χ0n) is 11.7. The standard InChI is InChI=1S/C13H18ClN5O/c1-18-13-10(5-15-18)12(14)16-11(17-13)7-19-4-3-9(6-19)8-20-2/h5,9H,3-4,6-8H2,1-2H3. The van der Waals surface area contributed by atoms with Crippen LogP contribution in [0, 0.1) is 5.92 Å². The number of ether oxygens (including phenoxy) is 1. The maximum atomic E-state index is 6.20. The van der Waals surface area contributed by atoms with Crippen molar-refractivity contribution >= 4 is 22.6 Å². The molecule has 1 unspecified atom stereocenters. The minimum atomic E-state index is 0.478. The van der Waals surface area contributed by atoms with E-state index < -0.39 is 0 Å². The number of halogens is 1. The van der Waals surface area contributed by atoms with Gasteiger partial charge in [0.2, 0.25) is 0 Å². The van der Waals surface area contributed by atoms with Crippen LogP contribution in [0.15, 0.2) is 6.20 Å². The summed E-state index contributed by atoms with van der Waals surface area (Å²) in [4.78, 5) is 11.3. The van der Waals surface area contributed by atoms with E-state index in [1.165, 1.54) is 0 Å². The van der Waals surface area contributed by atoms with Gasteiger partial charge in [-0.1, -0.05) is 11.6 Å². The lowest BCUT2D eigenvalue weighted by molar-refractivity contribution is 0.152. The van der Waals surface area contributed by atoms with E-state index in [2.05, 4.69) is 20.0 Å². The highest BCUT2D eigenvalue weighted by Crippen LogP contribution is 2.22. The van der Waals surface area contributed by atoms with E-state index >= 15 is 0 Å². The topological polar surface area (TPSA) is 56.1 Å². The van der Waals surface area contributed by atoms with E-state index in [0.29, 0.717) is 11.1 Å². The van der Waals surface area contributed by atoms with E-state index in [0.717, 1.165) is 49.5 Å². The van der Waals surface area contributed by atoms with Gasteiger partial charge in [0.25, 0.3) is 0 Å². The molecule has 1 atom stereocenters. The average Bonchev–Trinajstić information content (AvgIpc) is 2.99. The molecule has 0 bridgehead atoms. The third-order valence-corrected chi connectivity index (χ3v) is 4.02. The molecule has 0 amide bonds. The Morgan fingerprint density at radius 2 is 2.30 bits per heavy atom. The quantitative estimate of drug-likeness (QED) is 0.800. The first-order valence-corrected chi connectivity index (χ1v) is 7.10. The van der Waals surface area contributed by atoms with Crippen molar-refractivity contribution in [3.63, 3.8) is 0 Å². The molecule has 7 heteroatoms. The lowest BCUT2D eigenvalue weighted by Crippen LogP contribution is -2.22. The van der Waals surface area contributed by atoms with Gasteiger partial charge in [-0.2, -0.15) is 5.10 Å². The van der Waals surface area contributed by atoms with Crippen LogP contribution in [-0.2, 0) is 18.3 Å². The predicted octanol–water partition coefficient (Wildman–Crippen LogP) is 1.48. The summed E-state index contributed by atoms with van der Waals surface area (Å²) >= 11 is 6.20. The molecule has 1 aliphatic heterocycles. The molecule has 2 aromatic heterocycles. The number of methoxy groups -OCH3 is 1. The van der Waals surface area contributed by atoms with Gasteiger partial charge < -0.3 is 4.74 Å². The second-order valence-electron chi connectivity index (χ2n) is 5.28. The fraction of sp³-hybridized carbons (Fsp3) is 0.615. The van der Waals surface area contributed by atoms with Crippen molar-refractivity contribution in [2.24, 2.45) is 13.0 Å². The van der Waals surface area contributed by atoms with Crippen LogP contribution in [-0.4, -0.2) is 51.5 Å². The molecule has 3 rings (SSSR count). The van der Waals surface area contributed by atoms with Gasteiger partial charge in [-0.15, -0.1) is 0 Å². The third kappa shape index (κ3) is 2.63. The first kappa shape index (κ1) is 13.7. The molecule has 0 aliphatic carbocycles. The summed E-state index contributed by atoms with van der Waals surface area (Å²) in [6.07, 6.45) is 2.86. The molecule has 6 nitrogen and oxygen atoms in total. The average molecular weight is 296 g/mol. The molecule has 2 aromatic rings. The Labute approximate surface area is 122 Å². The summed E-state index contributed by atoms with van der Waals surface area (Å²) < 4.78 is 6.94. The third-order valence-electron chi connectivity index (χ3n) is 3.73. The minimum absolute atomic E-state index is 0.478. The Morgan fingerprint density at radius 3 is 3.10 bits per heavy atom. The predicted molar refractivity (Wildman–Crippen MR) is 76.6 cm³/mol. The lowest BCUT2D eigenvalue weighted by Gasteiger charge is -2.15. The molecule has 1 saturated heterocycles. The summed E-state index contributed by atoms with van der Waals surface area (Å²) in [5, 5.41) is 5.45. The molecule has 0 N–H and O–H groups in total. The van der Waals surface area contributed by atoms with E-state index in [1.807, 2.05) is 7.05 Å². The number of rotatable bonds is 4. The van der Waals surface area contributed by atoms with Crippen LogP contribution >= 0.6 is 11.6 Å². The number of hydrogen-bond acceptors (Lipinski definition) is 5. The molecule has 0 aromatic carbocycles. The molecule has 0 radical (unpaired) electrons. The van der Waals surface area contributed by atoms with Gasteiger partial charge in [0.05, 0.1) is 24.7 Å². The second-order valence-corrected chi connectivity index (χ2v) is 5.64. The first-order valence-electron chi connectivity index (χ1n) is 6.73. The largest absolute Gasteiger partial charge is 0.384 e. The first-order chi connectivity index (χ1) is 9.67. The normalized spacial score (nSPS) is 20.1. The lowest BCUT2D eigenvalue weighted by atomic mass is 10.1. The van der Waals surface area contributed by atoms with E-state index in [4.69, 9.17) is 16.3 Å². The number of nitrogens with zero attached hydrogens (tertiary/aromatic N) is 5. The zero-order chi connectivity index (χ0) is 14.1. The maximum absolute atomic E-state index is 6.20. The maximum Gasteiger partial charge on any atom is 0.162 e. The van der Waals surface area contributed by atoms with Gasteiger partial charge in [0.1, 0.15) is 11.0 Å². The molecule has 20 heavy (non-hydrogen) atoms. The molecule has 108 valence electrons. The fourth-order valence-corrected chi connectivity index (χ4v) is 2.96. The summed E-state index contributed by atoms with van der Waals surface area (Å²) in [6, 6.07) is 0. The van der Waals surface area contributed by atoms with Crippen molar-refractivity contribution in [2.75, 3.05) is 26.8 Å².